The van der Waals surface area contributed by atoms with Crippen LogP contribution in [0.1, 0.15) is 232 Å². The Bertz CT molecular complexity index is 947. The molecule has 336 valence electrons. The van der Waals surface area contributed by atoms with Gasteiger partial charge in [-0.05, 0) is 38.5 Å². The minimum absolute atomic E-state index is 0.0450. The molecule has 0 saturated heterocycles. The lowest BCUT2D eigenvalue weighted by Crippen LogP contribution is -2.55. The van der Waals surface area contributed by atoms with Crippen LogP contribution in [0.4, 0.5) is 0 Å². The molecule has 0 bridgehead atoms. The van der Waals surface area contributed by atoms with Gasteiger partial charge in [-0.25, -0.2) is 0 Å². The van der Waals surface area contributed by atoms with Crippen molar-refractivity contribution >= 4 is 17.9 Å². The number of aliphatic carboxylic acids is 1. The quantitative estimate of drug-likeness (QED) is 0.0261. The van der Waals surface area contributed by atoms with Crippen LogP contribution in [0.5, 0.6) is 0 Å². The zero-order valence-electron chi connectivity index (χ0n) is 38.3. The Morgan fingerprint density at radius 3 is 1.26 bits per heavy atom. The van der Waals surface area contributed by atoms with Crippen LogP contribution in [-0.2, 0) is 28.6 Å². The highest BCUT2D eigenvalue weighted by Gasteiger charge is 2.25. The summed E-state index contributed by atoms with van der Waals surface area (Å²) in [7, 11) is 5.41. The number of ether oxygens (including phenoxy) is 3. The molecule has 0 aromatic heterocycles. The molecule has 0 radical (unpaired) electrons. The number of unbranched alkanes of at least 4 members (excludes halogenated alkanes) is 28. The first-order valence-corrected chi connectivity index (χ1v) is 24.2. The maximum absolute atomic E-state index is 12.7. The summed E-state index contributed by atoms with van der Waals surface area (Å²) in [6.45, 7) is 4.68. The van der Waals surface area contributed by atoms with E-state index in [4.69, 9.17) is 14.2 Å². The van der Waals surface area contributed by atoms with Crippen molar-refractivity contribution in [3.63, 3.8) is 0 Å². The van der Waals surface area contributed by atoms with Gasteiger partial charge in [0.25, 0.3) is 0 Å². The molecule has 0 fully saturated rings. The molecule has 57 heavy (non-hydrogen) atoms. The van der Waals surface area contributed by atoms with Crippen LogP contribution in [0.25, 0.3) is 0 Å². The van der Waals surface area contributed by atoms with E-state index in [0.717, 1.165) is 38.5 Å². The molecule has 0 saturated carbocycles. The van der Waals surface area contributed by atoms with E-state index in [1.807, 2.05) is 0 Å². The number of carboxylic acid groups (broad SMARTS) is 1. The van der Waals surface area contributed by atoms with Crippen LogP contribution >= 0.6 is 0 Å². The van der Waals surface area contributed by atoms with E-state index >= 15 is 0 Å². The van der Waals surface area contributed by atoms with E-state index in [9.17, 15) is 19.5 Å². The third kappa shape index (κ3) is 39.3. The van der Waals surface area contributed by atoms with E-state index in [1.165, 1.54) is 161 Å². The minimum atomic E-state index is -1.12. The second-order valence-electron chi connectivity index (χ2n) is 17.7. The van der Waals surface area contributed by atoms with E-state index in [-0.39, 0.29) is 42.7 Å². The van der Waals surface area contributed by atoms with Crippen LogP contribution in [0.2, 0.25) is 0 Å². The molecular formula is C49H93NO7. The molecule has 0 N–H and O–H groups in total. The number of likely N-dealkylation sites (N-methyl/N-ethyl adjacent to an activating group) is 1. The zero-order valence-corrected chi connectivity index (χ0v) is 38.3. The van der Waals surface area contributed by atoms with Crippen molar-refractivity contribution in [1.29, 1.82) is 0 Å². The van der Waals surface area contributed by atoms with Crippen molar-refractivity contribution in [3.8, 4) is 0 Å². The van der Waals surface area contributed by atoms with Gasteiger partial charge in [0, 0.05) is 19.3 Å². The Hall–Kier alpha value is -1.93. The predicted octanol–water partition coefficient (Wildman–Crippen LogP) is 12.1. The van der Waals surface area contributed by atoms with Crippen LogP contribution in [0.15, 0.2) is 12.2 Å². The van der Waals surface area contributed by atoms with Crippen LogP contribution < -0.4 is 5.11 Å². The van der Waals surface area contributed by atoms with E-state index in [0.29, 0.717) is 12.8 Å². The fraction of sp³-hybridized carbons (Fsp3) is 0.898. The summed E-state index contributed by atoms with van der Waals surface area (Å²) in [4.78, 5) is 36.9. The van der Waals surface area contributed by atoms with Gasteiger partial charge < -0.3 is 28.6 Å². The number of nitrogens with zero attached hydrogens (tertiary/aromatic N) is 1. The summed E-state index contributed by atoms with van der Waals surface area (Å²) in [5, 5.41) is 11.6. The SMILES string of the molecule is CCCCCCCCCCCCC/C=C/CCCCCCCCCC(=O)OCC(COCCC(C(=O)[O-])[N+](C)(C)C)OC(=O)CCCCCCCCCCCCC. The Morgan fingerprint density at radius 1 is 0.509 bits per heavy atom. The van der Waals surface area contributed by atoms with Gasteiger partial charge in [0.2, 0.25) is 0 Å². The smallest absolute Gasteiger partial charge is 0.306 e. The number of carbonyl (C=O) groups is 3. The average Bonchev–Trinajstić information content (AvgIpc) is 3.17. The number of esters is 2. The van der Waals surface area contributed by atoms with E-state index < -0.39 is 18.1 Å². The second-order valence-corrected chi connectivity index (χ2v) is 17.7. The molecule has 2 unspecified atom stereocenters. The lowest BCUT2D eigenvalue weighted by Gasteiger charge is -2.34. The fourth-order valence-corrected chi connectivity index (χ4v) is 7.36. The number of hydrogen-bond acceptors (Lipinski definition) is 7. The largest absolute Gasteiger partial charge is 0.544 e. The van der Waals surface area contributed by atoms with Crippen LogP contribution in [0, 0.1) is 0 Å². The molecule has 0 spiro atoms. The number of rotatable bonds is 44. The van der Waals surface area contributed by atoms with Gasteiger partial charge in [0.1, 0.15) is 12.6 Å². The molecule has 0 rings (SSSR count). The first-order valence-electron chi connectivity index (χ1n) is 24.2. The van der Waals surface area contributed by atoms with Crippen molar-refractivity contribution in [3.05, 3.63) is 12.2 Å². The zero-order chi connectivity index (χ0) is 42.1. The van der Waals surface area contributed by atoms with Gasteiger partial charge in [0.15, 0.2) is 6.10 Å². The normalized spacial score (nSPS) is 12.9. The van der Waals surface area contributed by atoms with Gasteiger partial charge in [-0.2, -0.15) is 0 Å². The number of quaternary nitrogens is 1. The lowest BCUT2D eigenvalue weighted by atomic mass is 10.0. The van der Waals surface area contributed by atoms with Crippen molar-refractivity contribution < 1.29 is 38.2 Å². The summed E-state index contributed by atoms with van der Waals surface area (Å²) in [5.74, 6) is -1.73. The molecule has 0 aromatic carbocycles. The first kappa shape index (κ1) is 55.1. The maximum atomic E-state index is 12.7. The highest BCUT2D eigenvalue weighted by Crippen LogP contribution is 2.15. The molecular weight excluding hydrogens is 715 g/mol. The number of carbonyl (C=O) groups excluding carboxylic acids is 3. The highest BCUT2D eigenvalue weighted by atomic mass is 16.6. The lowest BCUT2D eigenvalue weighted by molar-refractivity contribution is -0.889. The topological polar surface area (TPSA) is 102 Å². The monoisotopic (exact) mass is 808 g/mol. The Balaban J connectivity index is 4.17. The van der Waals surface area contributed by atoms with E-state index in [2.05, 4.69) is 26.0 Å². The molecule has 0 aliphatic heterocycles. The van der Waals surface area contributed by atoms with Crippen molar-refractivity contribution in [2.75, 3.05) is 41.0 Å². The molecule has 0 heterocycles. The average molecular weight is 808 g/mol. The summed E-state index contributed by atoms with van der Waals surface area (Å²) in [6.07, 6.45) is 43.9. The van der Waals surface area contributed by atoms with Gasteiger partial charge >= 0.3 is 11.9 Å². The molecule has 8 nitrogen and oxygen atoms in total. The summed E-state index contributed by atoms with van der Waals surface area (Å²) >= 11 is 0. The summed E-state index contributed by atoms with van der Waals surface area (Å²) in [6, 6.07) is -0.721. The summed E-state index contributed by atoms with van der Waals surface area (Å²) < 4.78 is 17.2. The third-order valence-corrected chi connectivity index (χ3v) is 11.2. The second kappa shape index (κ2) is 40.8. The van der Waals surface area contributed by atoms with Gasteiger partial charge in [0.05, 0.1) is 40.3 Å². The van der Waals surface area contributed by atoms with Gasteiger partial charge in [-0.15, -0.1) is 0 Å². The standard InChI is InChI=1S/C49H93NO7/c1-6-8-10-12-14-16-18-19-20-21-22-23-24-25-26-27-28-30-31-33-35-37-39-47(51)56-44-45(43-55-42-41-46(49(53)54)50(3,4)5)57-48(52)40-38-36-34-32-29-17-15-13-11-9-7-2/h24-25,45-46H,6-23,26-44H2,1-5H3/b25-24+. The van der Waals surface area contributed by atoms with Gasteiger partial charge in [-0.3, -0.25) is 9.59 Å². The highest BCUT2D eigenvalue weighted by molar-refractivity contribution is 5.70. The van der Waals surface area contributed by atoms with Gasteiger partial charge in [-0.1, -0.05) is 187 Å². The fourth-order valence-electron chi connectivity index (χ4n) is 7.36. The first-order chi connectivity index (χ1) is 27.6. The van der Waals surface area contributed by atoms with Crippen molar-refractivity contribution in [2.45, 2.75) is 244 Å². The number of carboxylic acids is 1. The third-order valence-electron chi connectivity index (χ3n) is 11.2. The Labute approximate surface area is 352 Å². The molecule has 8 heteroatoms. The number of allylic oxidation sites excluding steroid dienone is 2. The summed E-state index contributed by atoms with van der Waals surface area (Å²) in [5.41, 5.74) is 0. The number of hydrogen-bond donors (Lipinski definition) is 0. The van der Waals surface area contributed by atoms with Crippen LogP contribution in [0.3, 0.4) is 0 Å². The Kier molecular flexibility index (Phi) is 39.4. The molecule has 0 amide bonds. The van der Waals surface area contributed by atoms with Crippen molar-refractivity contribution in [1.82, 2.24) is 0 Å². The Morgan fingerprint density at radius 2 is 0.877 bits per heavy atom. The minimum Gasteiger partial charge on any atom is -0.544 e. The van der Waals surface area contributed by atoms with E-state index in [1.54, 1.807) is 21.1 Å². The van der Waals surface area contributed by atoms with Crippen LogP contribution in [-0.4, -0.2) is 75.5 Å². The molecule has 0 aliphatic rings. The molecule has 0 aliphatic carbocycles. The molecule has 0 aromatic rings. The van der Waals surface area contributed by atoms with Crippen molar-refractivity contribution in [2.24, 2.45) is 0 Å². The maximum Gasteiger partial charge on any atom is 0.306 e. The molecule has 2 atom stereocenters. The predicted molar refractivity (Wildman–Crippen MR) is 236 cm³/mol.